The minimum absolute atomic E-state index is 0.0191. The first-order valence-corrected chi connectivity index (χ1v) is 5.61. The van der Waals surface area contributed by atoms with E-state index in [-0.39, 0.29) is 17.9 Å². The highest BCUT2D eigenvalue weighted by Gasteiger charge is 2.15. The molecule has 0 unspecified atom stereocenters. The number of anilines is 1. The van der Waals surface area contributed by atoms with Gasteiger partial charge in [-0.3, -0.25) is 4.79 Å². The molecule has 0 aliphatic rings. The quantitative estimate of drug-likeness (QED) is 0.330. The van der Waals surface area contributed by atoms with E-state index in [4.69, 9.17) is 0 Å². The van der Waals surface area contributed by atoms with Gasteiger partial charge in [-0.15, -0.1) is 0 Å². The first kappa shape index (κ1) is 15.5. The van der Waals surface area contributed by atoms with Gasteiger partial charge in [-0.1, -0.05) is 0 Å². The summed E-state index contributed by atoms with van der Waals surface area (Å²) in [6.45, 7) is 0.288. The Balaban J connectivity index is 3.18. The van der Waals surface area contributed by atoms with E-state index in [0.29, 0.717) is 12.2 Å². The summed E-state index contributed by atoms with van der Waals surface area (Å²) < 4.78 is 13.9. The Kier molecular flexibility index (Phi) is 5.52. The molecule has 0 aromatic heterocycles. The van der Waals surface area contributed by atoms with Gasteiger partial charge in [0.2, 0.25) is 0 Å². The van der Waals surface area contributed by atoms with Gasteiger partial charge >= 0.3 is 11.9 Å². The molecule has 1 aromatic carbocycles. The molecule has 108 valence electrons. The van der Waals surface area contributed by atoms with Crippen LogP contribution >= 0.6 is 0 Å². The van der Waals surface area contributed by atoms with Gasteiger partial charge in [0.05, 0.1) is 25.3 Å². The van der Waals surface area contributed by atoms with Crippen LogP contribution in [0.15, 0.2) is 18.2 Å². The molecule has 0 N–H and O–H groups in total. The third-order valence-corrected chi connectivity index (χ3v) is 2.54. The SMILES string of the molecule is COC(=O)c1cc(C(=O)OC)cc(N(C)COC=O)c1. The average Bonchev–Trinajstić information content (AvgIpc) is 2.50. The van der Waals surface area contributed by atoms with Gasteiger partial charge in [-0.05, 0) is 18.2 Å². The number of carbonyl (C=O) groups excluding carboxylic acids is 3. The second-order valence-corrected chi connectivity index (χ2v) is 3.84. The Hall–Kier alpha value is -2.57. The molecule has 0 saturated carbocycles. The van der Waals surface area contributed by atoms with Crippen LogP contribution in [0.2, 0.25) is 0 Å². The largest absolute Gasteiger partial charge is 0.465 e. The van der Waals surface area contributed by atoms with Crippen molar-refractivity contribution in [3.8, 4) is 0 Å². The van der Waals surface area contributed by atoms with Crippen molar-refractivity contribution in [1.29, 1.82) is 0 Å². The molecule has 0 heterocycles. The van der Waals surface area contributed by atoms with E-state index in [1.165, 1.54) is 32.4 Å². The normalized spacial score (nSPS) is 9.55. The summed E-state index contributed by atoms with van der Waals surface area (Å²) in [5.41, 5.74) is 0.904. The second-order valence-electron chi connectivity index (χ2n) is 3.84. The van der Waals surface area contributed by atoms with E-state index in [1.807, 2.05) is 0 Å². The van der Waals surface area contributed by atoms with Gasteiger partial charge in [-0.2, -0.15) is 0 Å². The predicted molar refractivity (Wildman–Crippen MR) is 69.5 cm³/mol. The van der Waals surface area contributed by atoms with Gasteiger partial charge < -0.3 is 19.1 Å². The van der Waals surface area contributed by atoms with E-state index in [2.05, 4.69) is 14.2 Å². The van der Waals surface area contributed by atoms with Crippen LogP contribution in [-0.2, 0) is 19.0 Å². The lowest BCUT2D eigenvalue weighted by Crippen LogP contribution is -2.21. The summed E-state index contributed by atoms with van der Waals surface area (Å²) >= 11 is 0. The van der Waals surface area contributed by atoms with E-state index in [1.54, 1.807) is 11.9 Å². The van der Waals surface area contributed by atoms with Crippen molar-refractivity contribution >= 4 is 24.1 Å². The molecule has 0 aliphatic carbocycles. The Labute approximate surface area is 116 Å². The molecule has 0 bridgehead atoms. The van der Waals surface area contributed by atoms with Gasteiger partial charge in [-0.25, -0.2) is 9.59 Å². The first-order valence-electron chi connectivity index (χ1n) is 5.61. The number of ether oxygens (including phenoxy) is 3. The standard InChI is InChI=1S/C13H15NO6/c1-14(7-20-8-15)11-5-9(12(16)18-2)4-10(6-11)13(17)19-3/h4-6,8H,7H2,1-3H3. The van der Waals surface area contributed by atoms with Gasteiger partial charge in [0.25, 0.3) is 6.47 Å². The van der Waals surface area contributed by atoms with Crippen molar-refractivity contribution in [1.82, 2.24) is 0 Å². The van der Waals surface area contributed by atoms with Crippen molar-refractivity contribution in [2.45, 2.75) is 0 Å². The van der Waals surface area contributed by atoms with Crippen molar-refractivity contribution in [2.24, 2.45) is 0 Å². The molecule has 0 fully saturated rings. The van der Waals surface area contributed by atoms with Crippen LogP contribution in [0.1, 0.15) is 20.7 Å². The van der Waals surface area contributed by atoms with E-state index < -0.39 is 11.9 Å². The van der Waals surface area contributed by atoms with Gasteiger partial charge in [0.15, 0.2) is 6.73 Å². The molecule has 20 heavy (non-hydrogen) atoms. The zero-order valence-corrected chi connectivity index (χ0v) is 11.4. The third kappa shape index (κ3) is 3.71. The second kappa shape index (κ2) is 7.13. The average molecular weight is 281 g/mol. The van der Waals surface area contributed by atoms with Crippen molar-refractivity contribution in [2.75, 3.05) is 32.9 Å². The minimum Gasteiger partial charge on any atom is -0.465 e. The van der Waals surface area contributed by atoms with Crippen LogP contribution in [0.25, 0.3) is 0 Å². The maximum atomic E-state index is 11.6. The summed E-state index contributed by atoms with van der Waals surface area (Å²) in [6, 6.07) is 4.41. The molecule has 1 aromatic rings. The van der Waals surface area contributed by atoms with Crippen LogP contribution in [0.5, 0.6) is 0 Å². The summed E-state index contributed by atoms with van der Waals surface area (Å²) in [4.78, 5) is 34.9. The Bertz CT molecular complexity index is 479. The molecule has 0 aliphatic heterocycles. The summed E-state index contributed by atoms with van der Waals surface area (Å²) in [5.74, 6) is -1.16. The van der Waals surface area contributed by atoms with Gasteiger partial charge in [0, 0.05) is 12.7 Å². The Morgan fingerprint density at radius 2 is 1.60 bits per heavy atom. The fourth-order valence-corrected chi connectivity index (χ4v) is 1.52. The Morgan fingerprint density at radius 1 is 1.10 bits per heavy atom. The predicted octanol–water partition coefficient (Wildman–Crippen LogP) is 0.826. The van der Waals surface area contributed by atoms with Crippen LogP contribution in [0.3, 0.4) is 0 Å². The lowest BCUT2D eigenvalue weighted by Gasteiger charge is -2.19. The first-order chi connectivity index (χ1) is 9.53. The molecule has 0 spiro atoms. The smallest absolute Gasteiger partial charge is 0.337 e. The molecule has 7 heteroatoms. The molecule has 0 atom stereocenters. The number of esters is 2. The fraction of sp³-hybridized carbons (Fsp3) is 0.308. The van der Waals surface area contributed by atoms with Crippen molar-refractivity contribution in [3.63, 3.8) is 0 Å². The lowest BCUT2D eigenvalue weighted by molar-refractivity contribution is -0.128. The van der Waals surface area contributed by atoms with Crippen molar-refractivity contribution in [3.05, 3.63) is 29.3 Å². The van der Waals surface area contributed by atoms with Crippen LogP contribution in [0, 0.1) is 0 Å². The molecular formula is C13H15NO6. The molecule has 0 saturated heterocycles. The molecule has 0 radical (unpaired) electrons. The monoisotopic (exact) mass is 281 g/mol. The van der Waals surface area contributed by atoms with Gasteiger partial charge in [0.1, 0.15) is 0 Å². The van der Waals surface area contributed by atoms with Crippen LogP contribution in [0.4, 0.5) is 5.69 Å². The maximum absolute atomic E-state index is 11.6. The zero-order chi connectivity index (χ0) is 15.1. The third-order valence-electron chi connectivity index (χ3n) is 2.54. The fourth-order valence-electron chi connectivity index (χ4n) is 1.52. The summed E-state index contributed by atoms with van der Waals surface area (Å²) in [5, 5.41) is 0. The van der Waals surface area contributed by atoms with E-state index in [0.717, 1.165) is 0 Å². The number of carbonyl (C=O) groups is 3. The summed E-state index contributed by atoms with van der Waals surface area (Å²) in [6.07, 6.45) is 0. The lowest BCUT2D eigenvalue weighted by atomic mass is 10.1. The van der Waals surface area contributed by atoms with Crippen molar-refractivity contribution < 1.29 is 28.6 Å². The molecule has 0 amide bonds. The summed E-state index contributed by atoms with van der Waals surface area (Å²) in [7, 11) is 4.12. The molecule has 7 nitrogen and oxygen atoms in total. The molecule has 1 rings (SSSR count). The zero-order valence-electron chi connectivity index (χ0n) is 11.4. The number of hydrogen-bond donors (Lipinski definition) is 0. The Morgan fingerprint density at radius 3 is 2.00 bits per heavy atom. The number of methoxy groups -OCH3 is 2. The maximum Gasteiger partial charge on any atom is 0.337 e. The van der Waals surface area contributed by atoms with E-state index >= 15 is 0 Å². The minimum atomic E-state index is -0.582. The highest BCUT2D eigenvalue weighted by atomic mass is 16.5. The number of hydrogen-bond acceptors (Lipinski definition) is 7. The van der Waals surface area contributed by atoms with Crippen LogP contribution in [-0.4, -0.2) is 46.4 Å². The topological polar surface area (TPSA) is 82.1 Å². The van der Waals surface area contributed by atoms with E-state index in [9.17, 15) is 14.4 Å². The highest BCUT2D eigenvalue weighted by molar-refractivity contribution is 5.97. The highest BCUT2D eigenvalue weighted by Crippen LogP contribution is 2.19. The number of nitrogens with zero attached hydrogens (tertiary/aromatic N) is 1. The van der Waals surface area contributed by atoms with Crippen LogP contribution < -0.4 is 4.90 Å². The number of benzene rings is 1. The number of rotatable bonds is 6. The molecular weight excluding hydrogens is 266 g/mol.